The number of rotatable bonds is 5. The summed E-state index contributed by atoms with van der Waals surface area (Å²) in [6.07, 6.45) is 1.56. The molecule has 0 saturated carbocycles. The van der Waals surface area contributed by atoms with Gasteiger partial charge in [0, 0.05) is 12.3 Å². The average molecular weight is 378 g/mol. The maximum atomic E-state index is 12.3. The Bertz CT molecular complexity index is 928. The molecule has 2 aromatic rings. The number of hydrogen-bond donors (Lipinski definition) is 1. The maximum absolute atomic E-state index is 12.3. The lowest BCUT2D eigenvalue weighted by molar-refractivity contribution is -0.116. The summed E-state index contributed by atoms with van der Waals surface area (Å²) in [6.45, 7) is 3.13. The van der Waals surface area contributed by atoms with Gasteiger partial charge in [0.15, 0.2) is 0 Å². The Hall–Kier alpha value is -2.94. The van der Waals surface area contributed by atoms with Crippen LogP contribution < -0.4 is 10.9 Å². The van der Waals surface area contributed by atoms with Gasteiger partial charge in [-0.05, 0) is 25.0 Å². The molecule has 0 fully saturated rings. The molecular weight excluding hydrogens is 360 g/mol. The number of carbonyl (C=O) groups is 3. The molecule has 0 spiro atoms. The van der Waals surface area contributed by atoms with Crippen LogP contribution in [0.1, 0.15) is 31.2 Å². The van der Waals surface area contributed by atoms with Gasteiger partial charge in [-0.3, -0.25) is 9.59 Å². The molecule has 0 radical (unpaired) electrons. The summed E-state index contributed by atoms with van der Waals surface area (Å²) < 4.78 is 10.7. The molecule has 0 aromatic carbocycles. The summed E-state index contributed by atoms with van der Waals surface area (Å²) in [7, 11) is 2.43. The molecule has 0 unspecified atom stereocenters. The minimum Gasteiger partial charge on any atom is -0.465 e. The van der Waals surface area contributed by atoms with E-state index in [1.807, 2.05) is 0 Å². The first kappa shape index (κ1) is 19.4. The van der Waals surface area contributed by atoms with E-state index in [0.717, 1.165) is 16.9 Å². The van der Waals surface area contributed by atoms with E-state index >= 15 is 0 Å². The van der Waals surface area contributed by atoms with E-state index in [2.05, 4.69) is 10.1 Å². The van der Waals surface area contributed by atoms with Crippen molar-refractivity contribution in [2.24, 2.45) is 0 Å². The highest BCUT2D eigenvalue weighted by atomic mass is 32.1. The van der Waals surface area contributed by atoms with Gasteiger partial charge < -0.3 is 19.4 Å². The van der Waals surface area contributed by atoms with Crippen molar-refractivity contribution in [2.45, 2.75) is 20.4 Å². The zero-order valence-electron chi connectivity index (χ0n) is 14.7. The normalized spacial score (nSPS) is 10.3. The molecule has 0 aliphatic heterocycles. The van der Waals surface area contributed by atoms with Crippen molar-refractivity contribution >= 4 is 34.2 Å². The lowest BCUT2D eigenvalue weighted by atomic mass is 10.1. The predicted molar refractivity (Wildman–Crippen MR) is 95.8 cm³/mol. The van der Waals surface area contributed by atoms with Gasteiger partial charge in [0.1, 0.15) is 16.4 Å². The van der Waals surface area contributed by atoms with Gasteiger partial charge in [0.25, 0.3) is 5.56 Å². The topological polar surface area (TPSA) is 104 Å². The number of nitrogens with one attached hydrogen (secondary N) is 1. The molecule has 138 valence electrons. The standard InChI is InChI=1S/C17H18N2O6S/c1-9-5-6-12(21)19(7-9)8-11(20)18-15-13(16(22)24-3)10(2)14(26-15)17(23)25-4/h5-7H,8H2,1-4H3,(H,18,20). The van der Waals surface area contributed by atoms with Gasteiger partial charge >= 0.3 is 11.9 Å². The third-order valence-corrected chi connectivity index (χ3v) is 4.79. The number of esters is 2. The lowest BCUT2D eigenvalue weighted by Gasteiger charge is -2.08. The van der Waals surface area contributed by atoms with E-state index in [1.165, 1.54) is 24.9 Å². The van der Waals surface area contributed by atoms with Crippen LogP contribution in [-0.4, -0.2) is 36.6 Å². The molecule has 2 rings (SSSR count). The van der Waals surface area contributed by atoms with Crippen LogP contribution in [0.25, 0.3) is 0 Å². The number of thiophene rings is 1. The number of ether oxygens (including phenoxy) is 2. The molecular formula is C17H18N2O6S. The van der Waals surface area contributed by atoms with Crippen LogP contribution >= 0.6 is 11.3 Å². The van der Waals surface area contributed by atoms with Gasteiger partial charge in [-0.15, -0.1) is 11.3 Å². The summed E-state index contributed by atoms with van der Waals surface area (Å²) in [6, 6.07) is 3.02. The van der Waals surface area contributed by atoms with Crippen molar-refractivity contribution in [3.8, 4) is 0 Å². The number of aromatic nitrogens is 1. The first-order chi connectivity index (χ1) is 12.3. The van der Waals surface area contributed by atoms with Crippen molar-refractivity contribution in [3.63, 3.8) is 0 Å². The minimum atomic E-state index is -0.683. The molecule has 0 aliphatic rings. The number of anilines is 1. The highest BCUT2D eigenvalue weighted by Gasteiger charge is 2.26. The van der Waals surface area contributed by atoms with E-state index in [0.29, 0.717) is 5.56 Å². The van der Waals surface area contributed by atoms with E-state index in [9.17, 15) is 19.2 Å². The van der Waals surface area contributed by atoms with Crippen molar-refractivity contribution in [1.82, 2.24) is 4.57 Å². The van der Waals surface area contributed by atoms with Crippen LogP contribution in [0.5, 0.6) is 0 Å². The third kappa shape index (κ3) is 3.99. The molecule has 8 nitrogen and oxygen atoms in total. The molecule has 2 aromatic heterocycles. The second kappa shape index (κ2) is 7.96. The SMILES string of the molecule is COC(=O)c1sc(NC(=O)Cn2cc(C)ccc2=O)c(C(=O)OC)c1C. The fourth-order valence-electron chi connectivity index (χ4n) is 2.33. The Morgan fingerprint density at radius 2 is 1.77 bits per heavy atom. The van der Waals surface area contributed by atoms with Crippen LogP contribution in [0, 0.1) is 13.8 Å². The van der Waals surface area contributed by atoms with Gasteiger partial charge in [0.2, 0.25) is 5.91 Å². The van der Waals surface area contributed by atoms with E-state index in [4.69, 9.17) is 4.74 Å². The molecule has 0 aliphatic carbocycles. The predicted octanol–water partition coefficient (Wildman–Crippen LogP) is 1.74. The Morgan fingerprint density at radius 3 is 2.38 bits per heavy atom. The molecule has 9 heteroatoms. The Labute approximate surface area is 153 Å². The molecule has 2 heterocycles. The number of methoxy groups -OCH3 is 2. The number of amides is 1. The number of nitrogens with zero attached hydrogens (tertiary/aromatic N) is 1. The Morgan fingerprint density at radius 1 is 1.12 bits per heavy atom. The lowest BCUT2D eigenvalue weighted by Crippen LogP contribution is -2.27. The zero-order valence-corrected chi connectivity index (χ0v) is 15.6. The van der Waals surface area contributed by atoms with E-state index in [-0.39, 0.29) is 27.5 Å². The fraction of sp³-hybridized carbons (Fsp3) is 0.294. The zero-order chi connectivity index (χ0) is 19.4. The number of hydrogen-bond acceptors (Lipinski definition) is 7. The van der Waals surface area contributed by atoms with Crippen LogP contribution in [0.4, 0.5) is 5.00 Å². The van der Waals surface area contributed by atoms with Gasteiger partial charge in [-0.25, -0.2) is 9.59 Å². The molecule has 0 atom stereocenters. The summed E-state index contributed by atoms with van der Waals surface area (Å²) in [4.78, 5) is 48.2. The van der Waals surface area contributed by atoms with Gasteiger partial charge in [0.05, 0.1) is 19.8 Å². The second-order valence-corrected chi connectivity index (χ2v) is 6.48. The van der Waals surface area contributed by atoms with Crippen molar-refractivity contribution in [3.05, 3.63) is 50.3 Å². The molecule has 1 N–H and O–H groups in total. The quantitative estimate of drug-likeness (QED) is 0.795. The Balaban J connectivity index is 2.34. The average Bonchev–Trinajstić information content (AvgIpc) is 2.92. The molecule has 1 amide bonds. The molecule has 0 bridgehead atoms. The first-order valence-corrected chi connectivity index (χ1v) is 8.37. The Kier molecular flexibility index (Phi) is 5.93. The second-order valence-electron chi connectivity index (χ2n) is 5.46. The molecule has 0 saturated heterocycles. The van der Waals surface area contributed by atoms with E-state index in [1.54, 1.807) is 26.1 Å². The largest absolute Gasteiger partial charge is 0.465 e. The van der Waals surface area contributed by atoms with Crippen molar-refractivity contribution < 1.29 is 23.9 Å². The van der Waals surface area contributed by atoms with Crippen LogP contribution in [0.15, 0.2) is 23.1 Å². The fourth-order valence-corrected chi connectivity index (χ4v) is 3.46. The highest BCUT2D eigenvalue weighted by Crippen LogP contribution is 2.34. The summed E-state index contributed by atoms with van der Waals surface area (Å²) in [5.74, 6) is -1.81. The van der Waals surface area contributed by atoms with Gasteiger partial charge in [-0.2, -0.15) is 0 Å². The molecule has 26 heavy (non-hydrogen) atoms. The summed E-state index contributed by atoms with van der Waals surface area (Å²) >= 11 is 0.914. The van der Waals surface area contributed by atoms with Crippen molar-refractivity contribution in [2.75, 3.05) is 19.5 Å². The van der Waals surface area contributed by atoms with E-state index < -0.39 is 17.8 Å². The number of pyridine rings is 1. The third-order valence-electron chi connectivity index (χ3n) is 3.61. The van der Waals surface area contributed by atoms with Crippen LogP contribution in [-0.2, 0) is 20.8 Å². The van der Waals surface area contributed by atoms with Crippen LogP contribution in [0.3, 0.4) is 0 Å². The highest BCUT2D eigenvalue weighted by molar-refractivity contribution is 7.18. The number of aryl methyl sites for hydroxylation is 1. The van der Waals surface area contributed by atoms with Gasteiger partial charge in [-0.1, -0.05) is 6.07 Å². The smallest absolute Gasteiger partial charge is 0.348 e. The maximum Gasteiger partial charge on any atom is 0.348 e. The summed E-state index contributed by atoms with van der Waals surface area (Å²) in [5, 5.41) is 2.74. The van der Waals surface area contributed by atoms with Crippen molar-refractivity contribution in [1.29, 1.82) is 0 Å². The monoisotopic (exact) mass is 378 g/mol. The minimum absolute atomic E-state index is 0.0860. The first-order valence-electron chi connectivity index (χ1n) is 7.55. The number of carbonyl (C=O) groups excluding carboxylic acids is 3. The summed E-state index contributed by atoms with van der Waals surface area (Å²) in [5.41, 5.74) is 0.948. The van der Waals surface area contributed by atoms with Crippen LogP contribution in [0.2, 0.25) is 0 Å².